The summed E-state index contributed by atoms with van der Waals surface area (Å²) in [6.45, 7) is 5.67. The van der Waals surface area contributed by atoms with Crippen molar-refractivity contribution in [2.75, 3.05) is 23.7 Å². The molecule has 3 rings (SSSR count). The van der Waals surface area contributed by atoms with E-state index >= 15 is 0 Å². The Balaban J connectivity index is 2.08. The average Bonchev–Trinajstić information content (AvgIpc) is 2.88. The molecule has 3 aromatic carbocycles. The zero-order valence-electron chi connectivity index (χ0n) is 22.9. The summed E-state index contributed by atoms with van der Waals surface area (Å²) < 4.78 is 27.1. The van der Waals surface area contributed by atoms with Gasteiger partial charge in [0.15, 0.2) is 0 Å². The molecule has 1 N–H and O–H groups in total. The number of amides is 2. The lowest BCUT2D eigenvalue weighted by molar-refractivity contribution is -0.140. The smallest absolute Gasteiger partial charge is 0.244 e. The number of carbonyl (C=O) groups is 2. The van der Waals surface area contributed by atoms with Gasteiger partial charge in [0.05, 0.1) is 11.9 Å². The van der Waals surface area contributed by atoms with Gasteiger partial charge in [0.2, 0.25) is 21.8 Å². The van der Waals surface area contributed by atoms with E-state index in [4.69, 9.17) is 11.6 Å². The molecule has 0 bridgehead atoms. The van der Waals surface area contributed by atoms with Gasteiger partial charge in [0.25, 0.3) is 0 Å². The van der Waals surface area contributed by atoms with Crippen LogP contribution in [0.5, 0.6) is 0 Å². The first kappa shape index (κ1) is 30.2. The standard InChI is InChI=1S/C30H36ClN3O4S/c1-5-17-32-30(36)27(19-24-13-7-6-8-14-24)33(20-25-15-10-16-26(31)18-25)28(35)21-34(39(4,37)38)29-22(2)11-9-12-23(29)3/h6-16,18,27H,5,17,19-21H2,1-4H3,(H,32,36)/t27-/m0/s1. The van der Waals surface area contributed by atoms with Crippen LogP contribution in [0.15, 0.2) is 72.8 Å². The van der Waals surface area contributed by atoms with Crippen molar-refractivity contribution in [2.24, 2.45) is 0 Å². The molecular weight excluding hydrogens is 534 g/mol. The van der Waals surface area contributed by atoms with Crippen LogP contribution in [0.4, 0.5) is 5.69 Å². The molecule has 1 atom stereocenters. The van der Waals surface area contributed by atoms with Gasteiger partial charge in [-0.05, 0) is 54.7 Å². The van der Waals surface area contributed by atoms with Crippen molar-refractivity contribution in [1.82, 2.24) is 10.2 Å². The Morgan fingerprint density at radius 2 is 1.54 bits per heavy atom. The van der Waals surface area contributed by atoms with Crippen LogP contribution in [-0.2, 0) is 32.6 Å². The second-order valence-corrected chi connectivity index (χ2v) is 12.0. The minimum Gasteiger partial charge on any atom is -0.354 e. The molecule has 0 saturated heterocycles. The van der Waals surface area contributed by atoms with E-state index in [1.54, 1.807) is 18.2 Å². The first-order valence-electron chi connectivity index (χ1n) is 12.9. The molecule has 0 spiro atoms. The second kappa shape index (κ2) is 13.6. The predicted octanol–water partition coefficient (Wildman–Crippen LogP) is 4.89. The van der Waals surface area contributed by atoms with Gasteiger partial charge in [-0.2, -0.15) is 0 Å². The lowest BCUT2D eigenvalue weighted by Gasteiger charge is -2.34. The summed E-state index contributed by atoms with van der Waals surface area (Å²) in [5.74, 6) is -0.787. The maximum atomic E-state index is 14.1. The maximum Gasteiger partial charge on any atom is 0.244 e. The minimum atomic E-state index is -3.83. The molecule has 0 unspecified atom stereocenters. The van der Waals surface area contributed by atoms with Gasteiger partial charge < -0.3 is 10.2 Å². The Hall–Kier alpha value is -3.36. The van der Waals surface area contributed by atoms with Gasteiger partial charge in [-0.25, -0.2) is 8.42 Å². The van der Waals surface area contributed by atoms with Crippen LogP contribution in [0.1, 0.15) is 35.6 Å². The molecule has 0 aliphatic carbocycles. The molecule has 2 amide bonds. The maximum absolute atomic E-state index is 14.1. The van der Waals surface area contributed by atoms with E-state index in [-0.39, 0.29) is 18.9 Å². The van der Waals surface area contributed by atoms with Crippen molar-refractivity contribution < 1.29 is 18.0 Å². The molecular formula is C30H36ClN3O4S. The molecule has 0 aliphatic rings. The van der Waals surface area contributed by atoms with Gasteiger partial charge in [0, 0.05) is 24.5 Å². The van der Waals surface area contributed by atoms with Crippen LogP contribution in [0.25, 0.3) is 0 Å². The van der Waals surface area contributed by atoms with E-state index in [1.807, 2.05) is 75.4 Å². The highest BCUT2D eigenvalue weighted by atomic mass is 35.5. The van der Waals surface area contributed by atoms with Crippen molar-refractivity contribution in [2.45, 2.75) is 46.2 Å². The molecule has 0 saturated carbocycles. The van der Waals surface area contributed by atoms with Crippen molar-refractivity contribution >= 4 is 39.1 Å². The Morgan fingerprint density at radius 3 is 2.13 bits per heavy atom. The number of benzene rings is 3. The third kappa shape index (κ3) is 8.31. The number of nitrogens with one attached hydrogen (secondary N) is 1. The number of rotatable bonds is 12. The fourth-order valence-electron chi connectivity index (χ4n) is 4.53. The van der Waals surface area contributed by atoms with Gasteiger partial charge in [-0.1, -0.05) is 79.2 Å². The number of anilines is 1. The van der Waals surface area contributed by atoms with Crippen LogP contribution in [0.2, 0.25) is 5.02 Å². The molecule has 0 aromatic heterocycles. The predicted molar refractivity (Wildman–Crippen MR) is 157 cm³/mol. The van der Waals surface area contributed by atoms with E-state index < -0.39 is 28.5 Å². The van der Waals surface area contributed by atoms with Crippen LogP contribution < -0.4 is 9.62 Å². The number of hydrogen-bond acceptors (Lipinski definition) is 4. The summed E-state index contributed by atoms with van der Waals surface area (Å²) in [6.07, 6.45) is 2.09. The second-order valence-electron chi connectivity index (χ2n) is 9.66. The largest absolute Gasteiger partial charge is 0.354 e. The third-order valence-corrected chi connectivity index (χ3v) is 7.78. The molecule has 39 heavy (non-hydrogen) atoms. The molecule has 0 fully saturated rings. The fraction of sp³-hybridized carbons (Fsp3) is 0.333. The summed E-state index contributed by atoms with van der Waals surface area (Å²) in [5, 5.41) is 3.43. The Labute approximate surface area is 236 Å². The van der Waals surface area contributed by atoms with Crippen LogP contribution in [0.3, 0.4) is 0 Å². The normalized spacial score (nSPS) is 12.0. The lowest BCUT2D eigenvalue weighted by Crippen LogP contribution is -2.53. The molecule has 3 aromatic rings. The number of sulfonamides is 1. The zero-order chi connectivity index (χ0) is 28.6. The van der Waals surface area contributed by atoms with Crippen LogP contribution in [0, 0.1) is 13.8 Å². The highest BCUT2D eigenvalue weighted by Gasteiger charge is 2.33. The average molecular weight is 570 g/mol. The molecule has 0 radical (unpaired) electrons. The van der Waals surface area contributed by atoms with Gasteiger partial charge in [0.1, 0.15) is 12.6 Å². The number of aryl methyl sites for hydroxylation is 2. The fourth-order valence-corrected chi connectivity index (χ4v) is 5.70. The molecule has 0 heterocycles. The van der Waals surface area contributed by atoms with Gasteiger partial charge >= 0.3 is 0 Å². The quantitative estimate of drug-likeness (QED) is 0.336. The van der Waals surface area contributed by atoms with Gasteiger partial charge in [-0.3, -0.25) is 13.9 Å². The number of halogens is 1. The van der Waals surface area contributed by atoms with E-state index in [9.17, 15) is 18.0 Å². The van der Waals surface area contributed by atoms with Crippen molar-refractivity contribution in [1.29, 1.82) is 0 Å². The number of nitrogens with zero attached hydrogens (tertiary/aromatic N) is 2. The summed E-state index contributed by atoms with van der Waals surface area (Å²) in [7, 11) is -3.83. The van der Waals surface area contributed by atoms with Crippen molar-refractivity contribution in [3.63, 3.8) is 0 Å². The van der Waals surface area contributed by atoms with Crippen molar-refractivity contribution in [3.05, 3.63) is 100 Å². The number of hydrogen-bond donors (Lipinski definition) is 1. The summed E-state index contributed by atoms with van der Waals surface area (Å²) in [4.78, 5) is 29.1. The van der Waals surface area contributed by atoms with E-state index in [2.05, 4.69) is 5.32 Å². The first-order valence-corrected chi connectivity index (χ1v) is 15.1. The SMILES string of the molecule is CCCNC(=O)[C@H](Cc1ccccc1)N(Cc1cccc(Cl)c1)C(=O)CN(c1c(C)cccc1C)S(C)(=O)=O. The molecule has 0 aliphatic heterocycles. The topological polar surface area (TPSA) is 86.8 Å². The molecule has 9 heteroatoms. The Kier molecular flexibility index (Phi) is 10.5. The van der Waals surface area contributed by atoms with Crippen LogP contribution in [-0.4, -0.2) is 50.5 Å². The first-order chi connectivity index (χ1) is 18.5. The Morgan fingerprint density at radius 1 is 0.923 bits per heavy atom. The Bertz CT molecular complexity index is 1380. The highest BCUT2D eigenvalue weighted by molar-refractivity contribution is 7.92. The number of carbonyl (C=O) groups excluding carboxylic acids is 2. The van der Waals surface area contributed by atoms with Crippen molar-refractivity contribution in [3.8, 4) is 0 Å². The van der Waals surface area contributed by atoms with E-state index in [0.29, 0.717) is 17.3 Å². The number of para-hydroxylation sites is 1. The van der Waals surface area contributed by atoms with E-state index in [1.165, 1.54) is 4.90 Å². The monoisotopic (exact) mass is 569 g/mol. The lowest BCUT2D eigenvalue weighted by atomic mass is 10.0. The highest BCUT2D eigenvalue weighted by Crippen LogP contribution is 2.27. The summed E-state index contributed by atoms with van der Waals surface area (Å²) in [6, 6.07) is 21.1. The van der Waals surface area contributed by atoms with Crippen LogP contribution >= 0.6 is 11.6 Å². The van der Waals surface area contributed by atoms with Gasteiger partial charge in [-0.15, -0.1) is 0 Å². The van der Waals surface area contributed by atoms with E-state index in [0.717, 1.165) is 39.2 Å². The molecule has 7 nitrogen and oxygen atoms in total. The summed E-state index contributed by atoms with van der Waals surface area (Å²) >= 11 is 6.24. The minimum absolute atomic E-state index is 0.0841. The zero-order valence-corrected chi connectivity index (χ0v) is 24.4. The summed E-state index contributed by atoms with van der Waals surface area (Å²) in [5.41, 5.74) is 3.54. The molecule has 208 valence electrons. The third-order valence-electron chi connectivity index (χ3n) is 6.43.